The van der Waals surface area contributed by atoms with Crippen molar-refractivity contribution < 1.29 is 14.6 Å². The van der Waals surface area contributed by atoms with E-state index in [0.717, 1.165) is 31.5 Å². The number of phenols is 1. The minimum absolute atomic E-state index is 0.232. The topological polar surface area (TPSA) is 70.6 Å². The second kappa shape index (κ2) is 6.35. The van der Waals surface area contributed by atoms with Gasteiger partial charge in [-0.05, 0) is 64.3 Å². The molecule has 5 heteroatoms. The summed E-state index contributed by atoms with van der Waals surface area (Å²) in [5, 5.41) is 16.1. The minimum Gasteiger partial charge on any atom is -0.508 e. The highest BCUT2D eigenvalue weighted by Gasteiger charge is 2.20. The predicted octanol–water partition coefficient (Wildman–Crippen LogP) is 3.21. The van der Waals surface area contributed by atoms with Gasteiger partial charge in [-0.1, -0.05) is 6.07 Å². The molecule has 0 aliphatic carbocycles. The number of phenolic OH excluding ortho intramolecular Hbond substituents is 1. The lowest BCUT2D eigenvalue weighted by atomic mass is 9.89. The largest absolute Gasteiger partial charge is 0.508 e. The van der Waals surface area contributed by atoms with Crippen LogP contribution >= 0.6 is 0 Å². The maximum Gasteiger partial charge on any atom is 0.412 e. The Bertz CT molecular complexity index is 503. The van der Waals surface area contributed by atoms with Crippen LogP contribution in [0, 0.1) is 0 Å². The van der Waals surface area contributed by atoms with Crippen LogP contribution in [0.1, 0.15) is 45.1 Å². The first-order valence-electron chi connectivity index (χ1n) is 7.39. The van der Waals surface area contributed by atoms with Gasteiger partial charge in [0.1, 0.15) is 11.4 Å². The summed E-state index contributed by atoms with van der Waals surface area (Å²) in [6.45, 7) is 7.38. The molecule has 1 aliphatic rings. The van der Waals surface area contributed by atoms with E-state index in [1.807, 2.05) is 26.8 Å². The number of ether oxygens (including phenoxy) is 1. The summed E-state index contributed by atoms with van der Waals surface area (Å²) in [6, 6.07) is 5.28. The summed E-state index contributed by atoms with van der Waals surface area (Å²) >= 11 is 0. The number of hydrogen-bond acceptors (Lipinski definition) is 4. The van der Waals surface area contributed by atoms with Crippen molar-refractivity contribution in [2.24, 2.45) is 0 Å². The minimum atomic E-state index is -0.541. The molecule has 1 saturated heterocycles. The fourth-order valence-corrected chi connectivity index (χ4v) is 2.52. The van der Waals surface area contributed by atoms with Crippen molar-refractivity contribution in [1.29, 1.82) is 0 Å². The van der Waals surface area contributed by atoms with E-state index in [4.69, 9.17) is 4.74 Å². The molecule has 1 aromatic carbocycles. The van der Waals surface area contributed by atoms with Crippen molar-refractivity contribution >= 4 is 11.8 Å². The highest BCUT2D eigenvalue weighted by atomic mass is 16.6. The normalized spacial score (nSPS) is 16.5. The zero-order chi connectivity index (χ0) is 15.5. The SMILES string of the molecule is CC(C)(C)OC(=O)Nc1ccc(C2CCNCC2)c(O)c1. The van der Waals surface area contributed by atoms with Crippen LogP contribution < -0.4 is 10.6 Å². The first kappa shape index (κ1) is 15.6. The molecule has 0 unspecified atom stereocenters. The summed E-state index contributed by atoms with van der Waals surface area (Å²) in [6.07, 6.45) is 1.52. The third-order valence-corrected chi connectivity index (χ3v) is 3.45. The highest BCUT2D eigenvalue weighted by molar-refractivity contribution is 5.85. The maximum absolute atomic E-state index is 11.7. The second-order valence-corrected chi connectivity index (χ2v) is 6.42. The zero-order valence-electron chi connectivity index (χ0n) is 12.9. The summed E-state index contributed by atoms with van der Waals surface area (Å²) in [4.78, 5) is 11.7. The molecular formula is C16H24N2O3. The van der Waals surface area contributed by atoms with Gasteiger partial charge < -0.3 is 15.2 Å². The van der Waals surface area contributed by atoms with Gasteiger partial charge >= 0.3 is 6.09 Å². The van der Waals surface area contributed by atoms with Crippen molar-refractivity contribution in [2.75, 3.05) is 18.4 Å². The van der Waals surface area contributed by atoms with E-state index in [2.05, 4.69) is 10.6 Å². The highest BCUT2D eigenvalue weighted by Crippen LogP contribution is 2.33. The van der Waals surface area contributed by atoms with Gasteiger partial charge in [0.05, 0.1) is 0 Å². The quantitative estimate of drug-likeness (QED) is 0.783. The van der Waals surface area contributed by atoms with Crippen LogP contribution in [0.15, 0.2) is 18.2 Å². The van der Waals surface area contributed by atoms with Crippen LogP contribution in [-0.2, 0) is 4.74 Å². The lowest BCUT2D eigenvalue weighted by molar-refractivity contribution is 0.0636. The number of rotatable bonds is 2. The summed E-state index contributed by atoms with van der Waals surface area (Å²) < 4.78 is 5.19. The lowest BCUT2D eigenvalue weighted by Gasteiger charge is -2.24. The zero-order valence-corrected chi connectivity index (χ0v) is 12.9. The summed E-state index contributed by atoms with van der Waals surface area (Å²) in [5.41, 5.74) is 0.951. The molecule has 21 heavy (non-hydrogen) atoms. The molecule has 0 spiro atoms. The van der Waals surface area contributed by atoms with Crippen molar-refractivity contribution in [3.05, 3.63) is 23.8 Å². The second-order valence-electron chi connectivity index (χ2n) is 6.42. The van der Waals surface area contributed by atoms with Gasteiger partial charge in [-0.15, -0.1) is 0 Å². The van der Waals surface area contributed by atoms with Crippen molar-refractivity contribution in [1.82, 2.24) is 5.32 Å². The number of benzene rings is 1. The molecule has 0 bridgehead atoms. The van der Waals surface area contributed by atoms with Gasteiger partial charge in [0.25, 0.3) is 0 Å². The molecule has 1 aliphatic heterocycles. The molecule has 0 atom stereocenters. The number of aromatic hydroxyl groups is 1. The van der Waals surface area contributed by atoms with Crippen LogP contribution in [0.4, 0.5) is 10.5 Å². The van der Waals surface area contributed by atoms with E-state index in [1.54, 1.807) is 12.1 Å². The van der Waals surface area contributed by atoms with E-state index in [0.29, 0.717) is 11.6 Å². The Labute approximate surface area is 125 Å². The molecule has 0 saturated carbocycles. The molecular weight excluding hydrogens is 268 g/mol. The van der Waals surface area contributed by atoms with E-state index < -0.39 is 11.7 Å². The van der Waals surface area contributed by atoms with Gasteiger partial charge in [0.15, 0.2) is 0 Å². The van der Waals surface area contributed by atoms with Gasteiger partial charge in [-0.25, -0.2) is 4.79 Å². The average molecular weight is 292 g/mol. The monoisotopic (exact) mass is 292 g/mol. The van der Waals surface area contributed by atoms with Gasteiger partial charge in [-0.3, -0.25) is 5.32 Å². The molecule has 1 aromatic rings. The van der Waals surface area contributed by atoms with E-state index in [-0.39, 0.29) is 5.75 Å². The van der Waals surface area contributed by atoms with Crippen LogP contribution in [0.3, 0.4) is 0 Å². The van der Waals surface area contributed by atoms with Crippen LogP contribution in [-0.4, -0.2) is 29.9 Å². The Morgan fingerprint density at radius 3 is 2.57 bits per heavy atom. The number of piperidine rings is 1. The van der Waals surface area contributed by atoms with Gasteiger partial charge in [0.2, 0.25) is 0 Å². The first-order chi connectivity index (χ1) is 9.85. The number of hydrogen-bond donors (Lipinski definition) is 3. The van der Waals surface area contributed by atoms with Crippen molar-refractivity contribution in [3.8, 4) is 5.75 Å². The van der Waals surface area contributed by atoms with Crippen molar-refractivity contribution in [3.63, 3.8) is 0 Å². The van der Waals surface area contributed by atoms with E-state index in [1.165, 1.54) is 0 Å². The molecule has 2 rings (SSSR count). The van der Waals surface area contributed by atoms with E-state index >= 15 is 0 Å². The molecule has 116 valence electrons. The van der Waals surface area contributed by atoms with E-state index in [9.17, 15) is 9.90 Å². The number of nitrogens with one attached hydrogen (secondary N) is 2. The molecule has 5 nitrogen and oxygen atoms in total. The molecule has 1 fully saturated rings. The number of anilines is 1. The summed E-state index contributed by atoms with van der Waals surface area (Å²) in [5.74, 6) is 0.609. The number of carbonyl (C=O) groups excluding carboxylic acids is 1. The van der Waals surface area contributed by atoms with Crippen LogP contribution in [0.25, 0.3) is 0 Å². The molecule has 1 heterocycles. The Morgan fingerprint density at radius 2 is 2.00 bits per heavy atom. The van der Waals surface area contributed by atoms with Crippen LogP contribution in [0.5, 0.6) is 5.75 Å². The third-order valence-electron chi connectivity index (χ3n) is 3.45. The fourth-order valence-electron chi connectivity index (χ4n) is 2.52. The maximum atomic E-state index is 11.7. The molecule has 0 radical (unpaired) electrons. The summed E-state index contributed by atoms with van der Waals surface area (Å²) in [7, 11) is 0. The number of amides is 1. The van der Waals surface area contributed by atoms with Gasteiger partial charge in [-0.2, -0.15) is 0 Å². The fraction of sp³-hybridized carbons (Fsp3) is 0.562. The standard InChI is InChI=1S/C16H24N2O3/c1-16(2,3)21-15(20)18-12-4-5-13(14(19)10-12)11-6-8-17-9-7-11/h4-5,10-11,17,19H,6-9H2,1-3H3,(H,18,20). The molecule has 0 aromatic heterocycles. The van der Waals surface area contributed by atoms with Crippen LogP contribution in [0.2, 0.25) is 0 Å². The van der Waals surface area contributed by atoms with Crippen molar-refractivity contribution in [2.45, 2.75) is 45.1 Å². The Kier molecular flexibility index (Phi) is 4.73. The Morgan fingerprint density at radius 1 is 1.33 bits per heavy atom. The Hall–Kier alpha value is -1.75. The molecule has 3 N–H and O–H groups in total. The smallest absolute Gasteiger partial charge is 0.412 e. The molecule has 1 amide bonds. The first-order valence-corrected chi connectivity index (χ1v) is 7.39. The average Bonchev–Trinajstić information content (AvgIpc) is 2.37. The predicted molar refractivity (Wildman–Crippen MR) is 82.8 cm³/mol. The lowest BCUT2D eigenvalue weighted by Crippen LogP contribution is -2.27. The third kappa shape index (κ3) is 4.63. The van der Waals surface area contributed by atoms with Gasteiger partial charge in [0, 0.05) is 11.8 Å². The Balaban J connectivity index is 2.03. The number of carbonyl (C=O) groups is 1.